The van der Waals surface area contributed by atoms with E-state index in [2.05, 4.69) is 10.6 Å². The highest BCUT2D eigenvalue weighted by Gasteiger charge is 2.06. The fraction of sp³-hybridized carbons (Fsp3) is 0.263. The SMILES string of the molecule is CCCC(=O)Nc1ccc(C(=O)NCCc2ccccc2)cc1. The Morgan fingerprint density at radius 1 is 0.957 bits per heavy atom. The highest BCUT2D eigenvalue weighted by atomic mass is 16.2. The van der Waals surface area contributed by atoms with E-state index in [1.54, 1.807) is 24.3 Å². The predicted octanol–water partition coefficient (Wildman–Crippen LogP) is 3.40. The summed E-state index contributed by atoms with van der Waals surface area (Å²) in [5.74, 6) is -0.111. The molecule has 120 valence electrons. The molecule has 4 heteroatoms. The largest absolute Gasteiger partial charge is 0.352 e. The summed E-state index contributed by atoms with van der Waals surface area (Å²) in [6, 6.07) is 17.0. The van der Waals surface area contributed by atoms with E-state index in [0.717, 1.165) is 12.8 Å². The zero-order chi connectivity index (χ0) is 16.5. The van der Waals surface area contributed by atoms with Crippen molar-refractivity contribution in [1.82, 2.24) is 5.32 Å². The van der Waals surface area contributed by atoms with Crippen LogP contribution in [-0.4, -0.2) is 18.4 Å². The molecule has 0 heterocycles. The van der Waals surface area contributed by atoms with Gasteiger partial charge in [0, 0.05) is 24.2 Å². The monoisotopic (exact) mass is 310 g/mol. The van der Waals surface area contributed by atoms with Gasteiger partial charge in [-0.15, -0.1) is 0 Å². The zero-order valence-electron chi connectivity index (χ0n) is 13.3. The van der Waals surface area contributed by atoms with Crippen molar-refractivity contribution < 1.29 is 9.59 Å². The smallest absolute Gasteiger partial charge is 0.251 e. The number of benzene rings is 2. The molecule has 2 aromatic rings. The van der Waals surface area contributed by atoms with Gasteiger partial charge in [-0.1, -0.05) is 37.3 Å². The van der Waals surface area contributed by atoms with Gasteiger partial charge in [-0.25, -0.2) is 0 Å². The third kappa shape index (κ3) is 5.58. The minimum atomic E-state index is -0.104. The molecular formula is C19H22N2O2. The van der Waals surface area contributed by atoms with Crippen molar-refractivity contribution in [3.63, 3.8) is 0 Å². The molecule has 0 radical (unpaired) electrons. The molecule has 0 spiro atoms. The van der Waals surface area contributed by atoms with E-state index in [-0.39, 0.29) is 11.8 Å². The van der Waals surface area contributed by atoms with Gasteiger partial charge in [-0.3, -0.25) is 9.59 Å². The van der Waals surface area contributed by atoms with Crippen LogP contribution in [0.4, 0.5) is 5.69 Å². The van der Waals surface area contributed by atoms with E-state index in [4.69, 9.17) is 0 Å². The summed E-state index contributed by atoms with van der Waals surface area (Å²) in [6.45, 7) is 2.56. The summed E-state index contributed by atoms with van der Waals surface area (Å²) in [4.78, 5) is 23.6. The second kappa shape index (κ2) is 8.73. The molecule has 2 aromatic carbocycles. The Kier molecular flexibility index (Phi) is 6.36. The van der Waals surface area contributed by atoms with Crippen molar-refractivity contribution in [2.24, 2.45) is 0 Å². The molecule has 0 aliphatic carbocycles. The topological polar surface area (TPSA) is 58.2 Å². The zero-order valence-corrected chi connectivity index (χ0v) is 13.3. The fourth-order valence-electron chi connectivity index (χ4n) is 2.22. The lowest BCUT2D eigenvalue weighted by atomic mass is 10.1. The average molecular weight is 310 g/mol. The van der Waals surface area contributed by atoms with Crippen LogP contribution in [-0.2, 0) is 11.2 Å². The molecule has 2 amide bonds. The number of hydrogen-bond acceptors (Lipinski definition) is 2. The van der Waals surface area contributed by atoms with Crippen LogP contribution in [0.2, 0.25) is 0 Å². The van der Waals surface area contributed by atoms with Gasteiger partial charge in [0.15, 0.2) is 0 Å². The molecule has 0 fully saturated rings. The number of carbonyl (C=O) groups is 2. The quantitative estimate of drug-likeness (QED) is 0.823. The highest BCUT2D eigenvalue weighted by molar-refractivity contribution is 5.95. The van der Waals surface area contributed by atoms with Gasteiger partial charge in [-0.05, 0) is 42.7 Å². The highest BCUT2D eigenvalue weighted by Crippen LogP contribution is 2.10. The van der Waals surface area contributed by atoms with Gasteiger partial charge < -0.3 is 10.6 Å². The molecule has 0 atom stereocenters. The molecule has 2 rings (SSSR count). The van der Waals surface area contributed by atoms with Crippen LogP contribution in [0.15, 0.2) is 54.6 Å². The normalized spacial score (nSPS) is 10.1. The van der Waals surface area contributed by atoms with Gasteiger partial charge in [-0.2, -0.15) is 0 Å². The van der Waals surface area contributed by atoms with Crippen LogP contribution in [0.3, 0.4) is 0 Å². The van der Waals surface area contributed by atoms with Gasteiger partial charge in [0.2, 0.25) is 5.91 Å². The number of nitrogens with one attached hydrogen (secondary N) is 2. The standard InChI is InChI=1S/C19H22N2O2/c1-2-6-18(22)21-17-11-9-16(10-12-17)19(23)20-14-13-15-7-4-3-5-8-15/h3-5,7-12H,2,6,13-14H2,1H3,(H,20,23)(H,21,22). The predicted molar refractivity (Wildman–Crippen MR) is 92.5 cm³/mol. The molecule has 0 aromatic heterocycles. The third-order valence-electron chi connectivity index (χ3n) is 3.45. The number of rotatable bonds is 7. The summed E-state index contributed by atoms with van der Waals surface area (Å²) >= 11 is 0. The first-order valence-electron chi connectivity index (χ1n) is 7.91. The molecule has 0 saturated heterocycles. The second-order valence-corrected chi connectivity index (χ2v) is 5.37. The van der Waals surface area contributed by atoms with Crippen LogP contribution >= 0.6 is 0 Å². The Balaban J connectivity index is 1.81. The van der Waals surface area contributed by atoms with Gasteiger partial charge in [0.25, 0.3) is 5.91 Å². The van der Waals surface area contributed by atoms with Gasteiger partial charge in [0.1, 0.15) is 0 Å². The molecule has 4 nitrogen and oxygen atoms in total. The van der Waals surface area contributed by atoms with Gasteiger partial charge in [0.05, 0.1) is 0 Å². The minimum Gasteiger partial charge on any atom is -0.352 e. The first-order chi connectivity index (χ1) is 11.2. The lowest BCUT2D eigenvalue weighted by Crippen LogP contribution is -2.25. The Hall–Kier alpha value is -2.62. The van der Waals surface area contributed by atoms with Crippen molar-refractivity contribution >= 4 is 17.5 Å². The Morgan fingerprint density at radius 3 is 2.30 bits per heavy atom. The molecule has 0 aliphatic heterocycles. The minimum absolute atomic E-state index is 0.00689. The fourth-order valence-corrected chi connectivity index (χ4v) is 2.22. The van der Waals surface area contributed by atoms with E-state index >= 15 is 0 Å². The van der Waals surface area contributed by atoms with Crippen molar-refractivity contribution in [1.29, 1.82) is 0 Å². The van der Waals surface area contributed by atoms with Crippen LogP contribution in [0.1, 0.15) is 35.7 Å². The van der Waals surface area contributed by atoms with Crippen LogP contribution in [0.25, 0.3) is 0 Å². The average Bonchev–Trinajstić information content (AvgIpc) is 2.56. The summed E-state index contributed by atoms with van der Waals surface area (Å²) < 4.78 is 0. The molecule has 0 aliphatic rings. The lowest BCUT2D eigenvalue weighted by molar-refractivity contribution is -0.116. The number of hydrogen-bond donors (Lipinski definition) is 2. The second-order valence-electron chi connectivity index (χ2n) is 5.37. The maximum atomic E-state index is 12.1. The molecule has 2 N–H and O–H groups in total. The van der Waals surface area contributed by atoms with Crippen LogP contribution < -0.4 is 10.6 Å². The van der Waals surface area contributed by atoms with Crippen molar-refractivity contribution in [2.45, 2.75) is 26.2 Å². The van der Waals surface area contributed by atoms with E-state index in [1.165, 1.54) is 5.56 Å². The van der Waals surface area contributed by atoms with E-state index in [0.29, 0.717) is 24.2 Å². The van der Waals surface area contributed by atoms with Crippen LogP contribution in [0.5, 0.6) is 0 Å². The molecule has 0 bridgehead atoms. The number of carbonyl (C=O) groups excluding carboxylic acids is 2. The number of anilines is 1. The van der Waals surface area contributed by atoms with Gasteiger partial charge >= 0.3 is 0 Å². The Morgan fingerprint density at radius 2 is 1.65 bits per heavy atom. The van der Waals surface area contributed by atoms with E-state index in [1.807, 2.05) is 37.3 Å². The molecule has 23 heavy (non-hydrogen) atoms. The first kappa shape index (κ1) is 16.7. The summed E-state index contributed by atoms with van der Waals surface area (Å²) in [6.07, 6.45) is 2.12. The van der Waals surface area contributed by atoms with Crippen molar-refractivity contribution in [3.8, 4) is 0 Å². The van der Waals surface area contributed by atoms with Crippen molar-refractivity contribution in [2.75, 3.05) is 11.9 Å². The summed E-state index contributed by atoms with van der Waals surface area (Å²) in [7, 11) is 0. The summed E-state index contributed by atoms with van der Waals surface area (Å²) in [5, 5.41) is 5.70. The summed E-state index contributed by atoms with van der Waals surface area (Å²) in [5.41, 5.74) is 2.50. The van der Waals surface area contributed by atoms with E-state index < -0.39 is 0 Å². The van der Waals surface area contributed by atoms with Crippen LogP contribution in [0, 0.1) is 0 Å². The number of amides is 2. The molecule has 0 unspecified atom stereocenters. The Labute approximate surface area is 136 Å². The van der Waals surface area contributed by atoms with Crippen molar-refractivity contribution in [3.05, 3.63) is 65.7 Å². The first-order valence-corrected chi connectivity index (χ1v) is 7.91. The maximum absolute atomic E-state index is 12.1. The third-order valence-corrected chi connectivity index (χ3v) is 3.45. The van der Waals surface area contributed by atoms with E-state index in [9.17, 15) is 9.59 Å². The Bertz CT molecular complexity index is 636. The molecular weight excluding hydrogens is 288 g/mol. The molecule has 0 saturated carbocycles. The maximum Gasteiger partial charge on any atom is 0.251 e. The lowest BCUT2D eigenvalue weighted by Gasteiger charge is -2.07.